The molecule has 60 valence electrons. The van der Waals surface area contributed by atoms with Crippen LogP contribution >= 0.6 is 22.6 Å². The smallest absolute Gasteiger partial charge is 0.263 e. The van der Waals surface area contributed by atoms with E-state index in [0.717, 1.165) is 0 Å². The maximum atomic E-state index is 10.6. The zero-order valence-corrected chi connectivity index (χ0v) is 8.19. The van der Waals surface area contributed by atoms with Gasteiger partial charge in [0.05, 0.1) is 5.92 Å². The highest BCUT2D eigenvalue weighted by molar-refractivity contribution is 14.1. The molecule has 0 bridgehead atoms. The summed E-state index contributed by atoms with van der Waals surface area (Å²) in [7, 11) is 0. The predicted octanol–water partition coefficient (Wildman–Crippen LogP) is 2.16. The molecule has 0 spiro atoms. The number of rotatable bonds is 1. The van der Waals surface area contributed by atoms with Crippen LogP contribution in [0.5, 0.6) is 0 Å². The summed E-state index contributed by atoms with van der Waals surface area (Å²) >= 11 is 1.87. The first-order chi connectivity index (χ1) is 5.07. The third-order valence-electron chi connectivity index (χ3n) is 1.76. The van der Waals surface area contributed by atoms with E-state index in [-0.39, 0.29) is 10.8 Å². The van der Waals surface area contributed by atoms with Crippen molar-refractivity contribution >= 4 is 22.6 Å². The lowest BCUT2D eigenvalue weighted by Crippen LogP contribution is -2.36. The molecular formula is C7H8INO2. The largest absolute Gasteiger partial charge is 0.293 e. The van der Waals surface area contributed by atoms with Crippen LogP contribution in [0.25, 0.3) is 0 Å². The van der Waals surface area contributed by atoms with Crippen LogP contribution in [-0.2, 0) is 0 Å². The molecule has 0 aliphatic heterocycles. The maximum absolute atomic E-state index is 10.6. The summed E-state index contributed by atoms with van der Waals surface area (Å²) in [6, 6.07) is 0. The molecule has 0 aromatic heterocycles. The summed E-state index contributed by atoms with van der Waals surface area (Å²) in [5, 5.41) is 10.6. The van der Waals surface area contributed by atoms with E-state index in [0.29, 0.717) is 0 Å². The van der Waals surface area contributed by atoms with E-state index in [1.807, 2.05) is 41.7 Å². The SMILES string of the molecule is CC1C=CC=CC1(I)[N+](=O)[O-]. The molecule has 0 aromatic carbocycles. The molecule has 0 saturated carbocycles. The van der Waals surface area contributed by atoms with Crippen molar-refractivity contribution in [1.29, 1.82) is 0 Å². The van der Waals surface area contributed by atoms with Gasteiger partial charge in [-0.25, -0.2) is 0 Å². The van der Waals surface area contributed by atoms with E-state index >= 15 is 0 Å². The van der Waals surface area contributed by atoms with Gasteiger partial charge < -0.3 is 0 Å². The average Bonchev–Trinajstić information content (AvgIpc) is 1.95. The lowest BCUT2D eigenvalue weighted by molar-refractivity contribution is -0.523. The second-order valence-corrected chi connectivity index (χ2v) is 4.25. The van der Waals surface area contributed by atoms with Gasteiger partial charge in [-0.15, -0.1) is 0 Å². The Hall–Kier alpha value is -0.390. The van der Waals surface area contributed by atoms with E-state index in [2.05, 4.69) is 0 Å². The molecule has 2 unspecified atom stereocenters. The molecule has 4 heteroatoms. The molecule has 3 nitrogen and oxygen atoms in total. The van der Waals surface area contributed by atoms with Gasteiger partial charge in [0.25, 0.3) is 3.55 Å². The first kappa shape index (κ1) is 8.70. The summed E-state index contributed by atoms with van der Waals surface area (Å²) in [6.07, 6.45) is 7.02. The normalized spacial score (nSPS) is 35.6. The Morgan fingerprint density at radius 1 is 1.64 bits per heavy atom. The van der Waals surface area contributed by atoms with Crippen LogP contribution in [0, 0.1) is 16.0 Å². The fraction of sp³-hybridized carbons (Fsp3) is 0.429. The fourth-order valence-corrected chi connectivity index (χ4v) is 1.35. The highest BCUT2D eigenvalue weighted by Gasteiger charge is 2.42. The number of allylic oxidation sites excluding steroid dienone is 2. The summed E-state index contributed by atoms with van der Waals surface area (Å²) in [5.41, 5.74) is 0. The number of nitrogens with zero attached hydrogens (tertiary/aromatic N) is 1. The molecule has 0 amide bonds. The molecule has 1 aliphatic carbocycles. The van der Waals surface area contributed by atoms with Crippen LogP contribution < -0.4 is 0 Å². The van der Waals surface area contributed by atoms with Crippen LogP contribution in [0.2, 0.25) is 0 Å². The monoisotopic (exact) mass is 265 g/mol. The zero-order valence-electron chi connectivity index (χ0n) is 6.03. The van der Waals surface area contributed by atoms with Gasteiger partial charge in [-0.2, -0.15) is 0 Å². The predicted molar refractivity (Wildman–Crippen MR) is 51.2 cm³/mol. The van der Waals surface area contributed by atoms with Gasteiger partial charge in [0.1, 0.15) is 0 Å². The van der Waals surface area contributed by atoms with Crippen molar-refractivity contribution in [3.05, 3.63) is 34.4 Å². The molecule has 0 radical (unpaired) electrons. The van der Waals surface area contributed by atoms with E-state index < -0.39 is 3.55 Å². The van der Waals surface area contributed by atoms with Crippen molar-refractivity contribution in [1.82, 2.24) is 0 Å². The summed E-state index contributed by atoms with van der Waals surface area (Å²) in [5.74, 6) is -0.0388. The first-order valence-corrected chi connectivity index (χ1v) is 4.34. The molecule has 0 aromatic rings. The highest BCUT2D eigenvalue weighted by atomic mass is 127. The van der Waals surface area contributed by atoms with Crippen molar-refractivity contribution in [2.75, 3.05) is 0 Å². The minimum absolute atomic E-state index is 0.0388. The van der Waals surface area contributed by atoms with Gasteiger partial charge in [0.15, 0.2) is 0 Å². The summed E-state index contributed by atoms with van der Waals surface area (Å²) < 4.78 is -0.938. The molecular weight excluding hydrogens is 257 g/mol. The van der Waals surface area contributed by atoms with Crippen LogP contribution in [0.1, 0.15) is 6.92 Å². The number of hydrogen-bond acceptors (Lipinski definition) is 2. The maximum Gasteiger partial charge on any atom is 0.293 e. The lowest BCUT2D eigenvalue weighted by atomic mass is 9.98. The van der Waals surface area contributed by atoms with Crippen LogP contribution in [0.15, 0.2) is 24.3 Å². The van der Waals surface area contributed by atoms with E-state index in [1.54, 1.807) is 12.2 Å². The molecule has 1 rings (SSSR count). The van der Waals surface area contributed by atoms with Crippen LogP contribution in [0.4, 0.5) is 0 Å². The number of hydrogen-bond donors (Lipinski definition) is 0. The van der Waals surface area contributed by atoms with Crippen molar-refractivity contribution in [2.24, 2.45) is 5.92 Å². The van der Waals surface area contributed by atoms with Crippen molar-refractivity contribution in [2.45, 2.75) is 10.5 Å². The van der Waals surface area contributed by atoms with E-state index in [4.69, 9.17) is 0 Å². The molecule has 0 fully saturated rings. The van der Waals surface area contributed by atoms with Crippen molar-refractivity contribution in [3.63, 3.8) is 0 Å². The number of alkyl halides is 1. The van der Waals surface area contributed by atoms with Gasteiger partial charge in [-0.1, -0.05) is 25.2 Å². The standard InChI is InChI=1S/C7H8INO2/c1-6-4-2-3-5-7(6,8)9(10)11/h2-6H,1H3. The van der Waals surface area contributed by atoms with Crippen molar-refractivity contribution < 1.29 is 4.92 Å². The van der Waals surface area contributed by atoms with Crippen LogP contribution in [0.3, 0.4) is 0 Å². The topological polar surface area (TPSA) is 43.1 Å². The fourth-order valence-electron chi connectivity index (χ4n) is 0.935. The third kappa shape index (κ3) is 1.45. The second-order valence-electron chi connectivity index (χ2n) is 2.52. The molecule has 0 saturated heterocycles. The third-order valence-corrected chi connectivity index (χ3v) is 3.50. The number of nitro groups is 1. The Labute approximate surface area is 78.5 Å². The van der Waals surface area contributed by atoms with Gasteiger partial charge in [-0.05, 0) is 0 Å². The quantitative estimate of drug-likeness (QED) is 0.240. The van der Waals surface area contributed by atoms with E-state index in [1.165, 1.54) is 0 Å². The average molecular weight is 265 g/mol. The minimum atomic E-state index is -0.938. The molecule has 11 heavy (non-hydrogen) atoms. The Balaban J connectivity index is 2.94. The summed E-state index contributed by atoms with van der Waals surface area (Å²) in [6.45, 7) is 1.84. The summed E-state index contributed by atoms with van der Waals surface area (Å²) in [4.78, 5) is 10.3. The molecule has 1 aliphatic rings. The van der Waals surface area contributed by atoms with Gasteiger partial charge >= 0.3 is 0 Å². The Kier molecular flexibility index (Phi) is 2.31. The molecule has 2 atom stereocenters. The van der Waals surface area contributed by atoms with Gasteiger partial charge in [0, 0.05) is 33.6 Å². The van der Waals surface area contributed by atoms with Crippen LogP contribution in [-0.4, -0.2) is 8.47 Å². The highest BCUT2D eigenvalue weighted by Crippen LogP contribution is 2.33. The second kappa shape index (κ2) is 2.92. The first-order valence-electron chi connectivity index (χ1n) is 3.27. The van der Waals surface area contributed by atoms with Gasteiger partial charge in [-0.3, -0.25) is 10.1 Å². The number of halogens is 1. The minimum Gasteiger partial charge on any atom is -0.263 e. The van der Waals surface area contributed by atoms with Gasteiger partial charge in [0.2, 0.25) is 0 Å². The molecule has 0 N–H and O–H groups in total. The Morgan fingerprint density at radius 2 is 2.27 bits per heavy atom. The Morgan fingerprint density at radius 3 is 2.64 bits per heavy atom. The van der Waals surface area contributed by atoms with Crippen molar-refractivity contribution in [3.8, 4) is 0 Å². The zero-order chi connectivity index (χ0) is 8.48. The Bertz CT molecular complexity index is 237. The van der Waals surface area contributed by atoms with E-state index in [9.17, 15) is 10.1 Å². The molecule has 0 heterocycles. The lowest BCUT2D eigenvalue weighted by Gasteiger charge is -2.21.